The molecule has 0 unspecified atom stereocenters. The van der Waals surface area contributed by atoms with Gasteiger partial charge in [-0.15, -0.1) is 25.7 Å². The van der Waals surface area contributed by atoms with E-state index in [1.54, 1.807) is 146 Å². The number of carbonyl (C=O) groups is 4. The quantitative estimate of drug-likeness (QED) is 0.0517. The first-order valence-electron chi connectivity index (χ1n) is 21.2. The normalized spacial score (nSPS) is 10.5. The van der Waals surface area contributed by atoms with Gasteiger partial charge in [-0.1, -0.05) is 72.2 Å². The number of esters is 4. The maximum absolute atomic E-state index is 13.2. The molecule has 0 radical (unpaired) electrons. The lowest BCUT2D eigenvalue weighted by Crippen LogP contribution is -2.31. The van der Waals surface area contributed by atoms with Gasteiger partial charge in [-0.2, -0.15) is 0 Å². The molecule has 0 aromatic heterocycles. The average molecular weight is 897 g/mol. The molecular weight excluding hydrogens is 861 g/mol. The maximum Gasteiger partial charge on any atom is 0.343 e. The minimum Gasteiger partial charge on any atom is -0.423 e. The maximum atomic E-state index is 13.2. The summed E-state index contributed by atoms with van der Waals surface area (Å²) in [4.78, 5) is 53.0. The second-order valence-electron chi connectivity index (χ2n) is 15.3. The molecule has 0 N–H and O–H groups in total. The van der Waals surface area contributed by atoms with Gasteiger partial charge >= 0.3 is 23.9 Å². The standard InChI is InChI=1S/C61H36O8/c1-5-41-9-17-45(18-10-41)57(62)66-53-33-25-49(26-34-53)61(50-27-35-54(36-28-50)67-58(63)46-19-11-42(6-2)12-20-46,51-29-37-55(38-30-51)68-59(64)47-21-13-43(7-3)14-22-47)52-31-39-56(40-32-52)69-60(65)48-23-15-44(8-4)16-24-48/h1-4,9-40H. The van der Waals surface area contributed by atoms with Gasteiger partial charge in [-0.25, -0.2) is 19.2 Å². The zero-order valence-electron chi connectivity index (χ0n) is 36.6. The summed E-state index contributed by atoms with van der Waals surface area (Å²) >= 11 is 0. The Bertz CT molecular complexity index is 2890. The van der Waals surface area contributed by atoms with Crippen LogP contribution >= 0.6 is 0 Å². The zero-order chi connectivity index (χ0) is 48.3. The number of rotatable bonds is 12. The molecule has 8 rings (SSSR count). The van der Waals surface area contributed by atoms with E-state index in [4.69, 9.17) is 44.6 Å². The Morgan fingerprint density at radius 2 is 0.449 bits per heavy atom. The Morgan fingerprint density at radius 1 is 0.275 bits per heavy atom. The minimum absolute atomic E-state index is 0.270. The van der Waals surface area contributed by atoms with Crippen molar-refractivity contribution in [2.24, 2.45) is 0 Å². The second-order valence-corrected chi connectivity index (χ2v) is 15.3. The van der Waals surface area contributed by atoms with Gasteiger partial charge < -0.3 is 18.9 Å². The smallest absolute Gasteiger partial charge is 0.343 e. The van der Waals surface area contributed by atoms with E-state index in [0.29, 0.717) is 66.8 Å². The molecule has 8 aromatic rings. The van der Waals surface area contributed by atoms with Gasteiger partial charge in [0.15, 0.2) is 0 Å². The predicted octanol–water partition coefficient (Wildman–Crippen LogP) is 10.9. The van der Waals surface area contributed by atoms with E-state index in [0.717, 1.165) is 0 Å². The molecule has 8 nitrogen and oxygen atoms in total. The Hall–Kier alpha value is -10.1. The highest BCUT2D eigenvalue weighted by molar-refractivity contribution is 5.93. The highest BCUT2D eigenvalue weighted by atomic mass is 16.5. The molecule has 0 saturated carbocycles. The van der Waals surface area contributed by atoms with Crippen LogP contribution in [0.3, 0.4) is 0 Å². The molecule has 0 bridgehead atoms. The molecule has 0 amide bonds. The van der Waals surface area contributed by atoms with Crippen LogP contribution in [0.1, 0.15) is 85.9 Å². The van der Waals surface area contributed by atoms with Gasteiger partial charge in [0.2, 0.25) is 0 Å². The molecule has 0 aliphatic rings. The topological polar surface area (TPSA) is 105 Å². The molecule has 0 heterocycles. The van der Waals surface area contributed by atoms with Crippen molar-refractivity contribution in [3.05, 3.63) is 261 Å². The van der Waals surface area contributed by atoms with Crippen LogP contribution in [0, 0.1) is 49.4 Å². The van der Waals surface area contributed by atoms with Gasteiger partial charge in [-0.05, 0) is 168 Å². The first kappa shape index (κ1) is 45.4. The van der Waals surface area contributed by atoms with Gasteiger partial charge in [0.25, 0.3) is 0 Å². The first-order valence-corrected chi connectivity index (χ1v) is 21.2. The van der Waals surface area contributed by atoms with Crippen molar-refractivity contribution in [1.82, 2.24) is 0 Å². The van der Waals surface area contributed by atoms with Crippen LogP contribution in [0.2, 0.25) is 0 Å². The third-order valence-corrected chi connectivity index (χ3v) is 11.1. The summed E-state index contributed by atoms with van der Waals surface area (Å²) in [6.07, 6.45) is 22.0. The molecule has 0 aliphatic carbocycles. The second kappa shape index (κ2) is 20.4. The van der Waals surface area contributed by atoms with Crippen LogP contribution in [0.4, 0.5) is 0 Å². The van der Waals surface area contributed by atoms with E-state index in [1.807, 2.05) is 48.5 Å². The van der Waals surface area contributed by atoms with E-state index < -0.39 is 29.3 Å². The van der Waals surface area contributed by atoms with Crippen molar-refractivity contribution in [3.8, 4) is 72.4 Å². The number of terminal acetylenes is 4. The summed E-state index contributed by atoms with van der Waals surface area (Å²) < 4.78 is 23.2. The largest absolute Gasteiger partial charge is 0.423 e. The molecule has 0 atom stereocenters. The first-order chi connectivity index (χ1) is 33.6. The molecule has 0 spiro atoms. The number of hydrogen-bond acceptors (Lipinski definition) is 8. The highest BCUT2D eigenvalue weighted by Gasteiger charge is 2.39. The van der Waals surface area contributed by atoms with Gasteiger partial charge in [-0.3, -0.25) is 0 Å². The van der Waals surface area contributed by atoms with E-state index in [-0.39, 0.29) is 23.0 Å². The predicted molar refractivity (Wildman–Crippen MR) is 262 cm³/mol. The molecule has 0 aliphatic heterocycles. The van der Waals surface area contributed by atoms with Crippen LogP contribution in [-0.2, 0) is 5.41 Å². The van der Waals surface area contributed by atoms with E-state index in [1.165, 1.54) is 0 Å². The van der Waals surface area contributed by atoms with Crippen LogP contribution in [-0.4, -0.2) is 23.9 Å². The SMILES string of the molecule is C#Cc1ccc(C(=O)Oc2ccc(C(c3ccc(OC(=O)c4ccc(C#C)cc4)cc3)(c3ccc(OC(=O)c4ccc(C#C)cc4)cc3)c3ccc(OC(=O)c4ccc(C#C)cc4)cc3)cc2)cc1. The third-order valence-electron chi connectivity index (χ3n) is 11.1. The van der Waals surface area contributed by atoms with Crippen molar-refractivity contribution < 1.29 is 38.1 Å². The van der Waals surface area contributed by atoms with Gasteiger partial charge in [0, 0.05) is 22.3 Å². The molecule has 0 saturated heterocycles. The Morgan fingerprint density at radius 3 is 0.609 bits per heavy atom. The highest BCUT2D eigenvalue weighted by Crippen LogP contribution is 2.47. The summed E-state index contributed by atoms with van der Waals surface area (Å²) in [5.74, 6) is 8.90. The van der Waals surface area contributed by atoms with Crippen LogP contribution in [0.15, 0.2) is 194 Å². The lowest BCUT2D eigenvalue weighted by Gasteiger charge is -2.37. The van der Waals surface area contributed by atoms with Crippen molar-refractivity contribution in [1.29, 1.82) is 0 Å². The molecular formula is C61H36O8. The van der Waals surface area contributed by atoms with Crippen molar-refractivity contribution in [2.45, 2.75) is 5.41 Å². The fraction of sp³-hybridized carbons (Fsp3) is 0.0164. The fourth-order valence-corrected chi connectivity index (χ4v) is 7.57. The summed E-state index contributed by atoms with van der Waals surface area (Å²) in [7, 11) is 0. The van der Waals surface area contributed by atoms with Crippen LogP contribution in [0.5, 0.6) is 23.0 Å². The number of hydrogen-bond donors (Lipinski definition) is 0. The lowest BCUT2D eigenvalue weighted by atomic mass is 9.65. The fourth-order valence-electron chi connectivity index (χ4n) is 7.57. The molecule has 8 heteroatoms. The number of ether oxygens (including phenoxy) is 4. The monoisotopic (exact) mass is 896 g/mol. The molecule has 328 valence electrons. The van der Waals surface area contributed by atoms with Crippen molar-refractivity contribution in [3.63, 3.8) is 0 Å². The molecule has 8 aromatic carbocycles. The molecule has 0 fully saturated rings. The van der Waals surface area contributed by atoms with E-state index >= 15 is 0 Å². The molecule has 69 heavy (non-hydrogen) atoms. The average Bonchev–Trinajstić information content (AvgIpc) is 3.40. The third kappa shape index (κ3) is 10.1. The van der Waals surface area contributed by atoms with Crippen LogP contribution < -0.4 is 18.9 Å². The summed E-state index contributed by atoms with van der Waals surface area (Å²) in [5.41, 5.74) is 5.37. The van der Waals surface area contributed by atoms with Crippen molar-refractivity contribution in [2.75, 3.05) is 0 Å². The number of carbonyl (C=O) groups excluding carboxylic acids is 4. The Kier molecular flexibility index (Phi) is 13.4. The van der Waals surface area contributed by atoms with E-state index in [2.05, 4.69) is 23.7 Å². The van der Waals surface area contributed by atoms with E-state index in [9.17, 15) is 19.2 Å². The lowest BCUT2D eigenvalue weighted by molar-refractivity contribution is 0.0725. The minimum atomic E-state index is -1.19. The van der Waals surface area contributed by atoms with Crippen molar-refractivity contribution >= 4 is 23.9 Å². The van der Waals surface area contributed by atoms with Gasteiger partial charge in [0.05, 0.1) is 27.7 Å². The summed E-state index contributed by atoms with van der Waals surface area (Å²) in [6.45, 7) is 0. The Balaban J connectivity index is 1.21. The Labute approximate surface area is 399 Å². The summed E-state index contributed by atoms with van der Waals surface area (Å²) in [6, 6.07) is 54.2. The summed E-state index contributed by atoms with van der Waals surface area (Å²) in [5, 5.41) is 0. The van der Waals surface area contributed by atoms with Gasteiger partial charge in [0.1, 0.15) is 23.0 Å². The van der Waals surface area contributed by atoms with Crippen LogP contribution in [0.25, 0.3) is 0 Å². The zero-order valence-corrected chi connectivity index (χ0v) is 36.6. The number of benzene rings is 8.